The number of carbonyl (C=O) groups is 2. The summed E-state index contributed by atoms with van der Waals surface area (Å²) in [5.41, 5.74) is 1.52. The molecule has 0 saturated carbocycles. The highest BCUT2D eigenvalue weighted by atomic mass is 32.1. The summed E-state index contributed by atoms with van der Waals surface area (Å²) < 4.78 is 0.587. The van der Waals surface area contributed by atoms with E-state index in [2.05, 4.69) is 11.6 Å². The average molecular weight is 528 g/mol. The lowest BCUT2D eigenvalue weighted by Crippen LogP contribution is -2.45. The van der Waals surface area contributed by atoms with Gasteiger partial charge in [0.2, 0.25) is 5.91 Å². The first-order chi connectivity index (χ1) is 17.5. The van der Waals surface area contributed by atoms with Crippen molar-refractivity contribution in [1.82, 2.24) is 14.8 Å². The van der Waals surface area contributed by atoms with Gasteiger partial charge in [0.15, 0.2) is 0 Å². The molecule has 0 radical (unpaired) electrons. The Labute approximate surface area is 219 Å². The van der Waals surface area contributed by atoms with Crippen molar-refractivity contribution in [3.63, 3.8) is 0 Å². The summed E-state index contributed by atoms with van der Waals surface area (Å²) in [5.74, 6) is -0.716. The van der Waals surface area contributed by atoms with Crippen LogP contribution in [0.5, 0.6) is 5.75 Å². The first kappa shape index (κ1) is 27.9. The molecule has 2 amide bonds. The monoisotopic (exact) mass is 527 g/mol. The third kappa shape index (κ3) is 7.21. The SMILES string of the molecule is C=CC(=O)N(CCN(CC(Cc1ccccc1)c1ccc(O)c2[nH]c(=O)sc12)C(=O)O)CC(C)(C)CO. The molecule has 3 rings (SSSR count). The number of carboxylic acid groups (broad SMARTS) is 1. The van der Waals surface area contributed by atoms with E-state index in [4.69, 9.17) is 0 Å². The minimum Gasteiger partial charge on any atom is -0.506 e. The van der Waals surface area contributed by atoms with Gasteiger partial charge in [-0.25, -0.2) is 4.79 Å². The Balaban J connectivity index is 1.92. The van der Waals surface area contributed by atoms with Gasteiger partial charge in [-0.1, -0.05) is 68.2 Å². The number of carbonyl (C=O) groups excluding carboxylic acids is 1. The van der Waals surface area contributed by atoms with Gasteiger partial charge in [0.1, 0.15) is 11.3 Å². The molecule has 1 unspecified atom stereocenters. The minimum absolute atomic E-state index is 0.0456. The molecule has 3 aromatic rings. The molecule has 37 heavy (non-hydrogen) atoms. The molecular formula is C27H33N3O6S. The highest BCUT2D eigenvalue weighted by Gasteiger charge is 2.27. The number of aromatic hydroxyl groups is 1. The first-order valence-corrected chi connectivity index (χ1v) is 12.7. The lowest BCUT2D eigenvalue weighted by Gasteiger charge is -2.33. The first-order valence-electron chi connectivity index (χ1n) is 11.9. The fraction of sp³-hybridized carbons (Fsp3) is 0.370. The number of rotatable bonds is 12. The number of aliphatic hydroxyl groups excluding tert-OH is 1. The molecule has 0 fully saturated rings. The summed E-state index contributed by atoms with van der Waals surface area (Å²) in [6.45, 7) is 7.57. The van der Waals surface area contributed by atoms with E-state index in [1.807, 2.05) is 44.2 Å². The smallest absolute Gasteiger partial charge is 0.407 e. The number of nitrogens with one attached hydrogen (secondary N) is 1. The van der Waals surface area contributed by atoms with E-state index in [0.717, 1.165) is 22.5 Å². The van der Waals surface area contributed by atoms with E-state index in [1.54, 1.807) is 6.07 Å². The number of amides is 2. The molecule has 0 aliphatic carbocycles. The van der Waals surface area contributed by atoms with Crippen LogP contribution >= 0.6 is 11.3 Å². The number of H-pyrrole nitrogens is 1. The predicted molar refractivity (Wildman–Crippen MR) is 144 cm³/mol. The van der Waals surface area contributed by atoms with Gasteiger partial charge >= 0.3 is 11.0 Å². The van der Waals surface area contributed by atoms with Crippen molar-refractivity contribution in [2.75, 3.05) is 32.8 Å². The summed E-state index contributed by atoms with van der Waals surface area (Å²) in [6, 6.07) is 12.9. The minimum atomic E-state index is -1.14. The number of thiazole rings is 1. The molecular weight excluding hydrogens is 494 g/mol. The molecule has 0 aliphatic rings. The van der Waals surface area contributed by atoms with Crippen LogP contribution in [-0.2, 0) is 11.2 Å². The molecule has 2 aromatic carbocycles. The Bertz CT molecular complexity index is 1300. The Morgan fingerprint density at radius 1 is 1.14 bits per heavy atom. The number of aliphatic hydroxyl groups is 1. The number of hydrogen-bond donors (Lipinski definition) is 4. The lowest BCUT2D eigenvalue weighted by atomic mass is 9.91. The van der Waals surface area contributed by atoms with Gasteiger partial charge in [-0.05, 0) is 29.7 Å². The lowest BCUT2D eigenvalue weighted by molar-refractivity contribution is -0.128. The largest absolute Gasteiger partial charge is 0.506 e. The second-order valence-corrected chi connectivity index (χ2v) is 10.8. The van der Waals surface area contributed by atoms with Gasteiger partial charge in [-0.3, -0.25) is 9.59 Å². The Hall–Kier alpha value is -3.63. The zero-order valence-corrected chi connectivity index (χ0v) is 21.8. The molecule has 198 valence electrons. The third-order valence-electron chi connectivity index (χ3n) is 6.24. The van der Waals surface area contributed by atoms with Gasteiger partial charge in [-0.2, -0.15) is 0 Å². The summed E-state index contributed by atoms with van der Waals surface area (Å²) in [4.78, 5) is 42.0. The summed E-state index contributed by atoms with van der Waals surface area (Å²) in [7, 11) is 0. The topological polar surface area (TPSA) is 134 Å². The van der Waals surface area contributed by atoms with E-state index in [-0.39, 0.29) is 55.2 Å². The van der Waals surface area contributed by atoms with Crippen LogP contribution in [0.25, 0.3) is 10.2 Å². The fourth-order valence-electron chi connectivity index (χ4n) is 4.27. The van der Waals surface area contributed by atoms with Crippen molar-refractivity contribution < 1.29 is 24.9 Å². The number of aromatic amines is 1. The number of phenols is 1. The van der Waals surface area contributed by atoms with Crippen molar-refractivity contribution in [2.45, 2.75) is 26.2 Å². The third-order valence-corrected chi connectivity index (χ3v) is 7.17. The summed E-state index contributed by atoms with van der Waals surface area (Å²) >= 11 is 0.977. The van der Waals surface area contributed by atoms with E-state index in [1.165, 1.54) is 21.9 Å². The molecule has 10 heteroatoms. The Morgan fingerprint density at radius 2 is 1.81 bits per heavy atom. The van der Waals surface area contributed by atoms with Crippen LogP contribution in [0, 0.1) is 5.41 Å². The standard InChI is InChI=1S/C27H33N3O6S/c1-4-22(33)30(16-27(2,3)17-31)13-12-29(26(35)36)15-19(14-18-8-6-5-7-9-18)20-10-11-21(32)23-24(20)37-25(34)28-23/h4-11,19,31-32H,1,12-17H2,2-3H3,(H,28,34)(H,35,36). The molecule has 0 saturated heterocycles. The number of aromatic nitrogens is 1. The van der Waals surface area contributed by atoms with Crippen LogP contribution in [0.3, 0.4) is 0 Å². The predicted octanol–water partition coefficient (Wildman–Crippen LogP) is 3.63. The van der Waals surface area contributed by atoms with Crippen LogP contribution in [0.4, 0.5) is 4.79 Å². The van der Waals surface area contributed by atoms with Crippen LogP contribution in [0.15, 0.2) is 59.9 Å². The van der Waals surface area contributed by atoms with Crippen LogP contribution in [0.1, 0.15) is 30.9 Å². The van der Waals surface area contributed by atoms with Crippen LogP contribution in [-0.4, -0.2) is 74.9 Å². The molecule has 9 nitrogen and oxygen atoms in total. The maximum absolute atomic E-state index is 12.5. The Morgan fingerprint density at radius 3 is 2.43 bits per heavy atom. The van der Waals surface area contributed by atoms with Crippen molar-refractivity contribution in [1.29, 1.82) is 0 Å². The van der Waals surface area contributed by atoms with Crippen molar-refractivity contribution in [3.8, 4) is 5.75 Å². The second kappa shape index (κ2) is 12.1. The van der Waals surface area contributed by atoms with Crippen molar-refractivity contribution >= 4 is 33.6 Å². The number of benzene rings is 2. The molecule has 0 spiro atoms. The number of phenolic OH excluding ortho intramolecular Hbond substituents is 1. The molecule has 0 aliphatic heterocycles. The molecule has 4 N–H and O–H groups in total. The van der Waals surface area contributed by atoms with E-state index in [0.29, 0.717) is 16.6 Å². The van der Waals surface area contributed by atoms with Gasteiger partial charge in [0, 0.05) is 44.1 Å². The van der Waals surface area contributed by atoms with Gasteiger partial charge < -0.3 is 30.1 Å². The maximum atomic E-state index is 12.5. The van der Waals surface area contributed by atoms with Gasteiger partial charge in [-0.15, -0.1) is 0 Å². The van der Waals surface area contributed by atoms with Gasteiger partial charge in [0.25, 0.3) is 0 Å². The van der Waals surface area contributed by atoms with E-state index in [9.17, 15) is 29.7 Å². The van der Waals surface area contributed by atoms with E-state index < -0.39 is 11.5 Å². The average Bonchev–Trinajstić information content (AvgIpc) is 3.27. The maximum Gasteiger partial charge on any atom is 0.407 e. The molecule has 1 aromatic heterocycles. The highest BCUT2D eigenvalue weighted by molar-refractivity contribution is 7.16. The summed E-state index contributed by atoms with van der Waals surface area (Å²) in [5, 5.41) is 30.0. The highest BCUT2D eigenvalue weighted by Crippen LogP contribution is 2.34. The second-order valence-electron chi connectivity index (χ2n) is 9.79. The normalized spacial score (nSPS) is 12.3. The van der Waals surface area contributed by atoms with Crippen molar-refractivity contribution in [2.24, 2.45) is 5.41 Å². The van der Waals surface area contributed by atoms with Crippen LogP contribution in [0.2, 0.25) is 0 Å². The quantitative estimate of drug-likeness (QED) is 0.266. The number of hydrogen-bond acceptors (Lipinski definition) is 6. The molecule has 1 heterocycles. The Kier molecular flexibility index (Phi) is 9.12. The van der Waals surface area contributed by atoms with Gasteiger partial charge in [0.05, 0.1) is 4.70 Å². The number of nitrogens with zero attached hydrogens (tertiary/aromatic N) is 2. The van der Waals surface area contributed by atoms with E-state index >= 15 is 0 Å². The number of fused-ring (bicyclic) bond motifs is 1. The fourth-order valence-corrected chi connectivity index (χ4v) is 5.22. The zero-order valence-electron chi connectivity index (χ0n) is 21.0. The molecule has 1 atom stereocenters. The zero-order chi connectivity index (χ0) is 27.2. The summed E-state index contributed by atoms with van der Waals surface area (Å²) in [6.07, 6.45) is 0.545. The molecule has 0 bridgehead atoms. The van der Waals surface area contributed by atoms with Crippen molar-refractivity contribution in [3.05, 3.63) is 75.9 Å². The van der Waals surface area contributed by atoms with Crippen LogP contribution < -0.4 is 4.87 Å².